The summed E-state index contributed by atoms with van der Waals surface area (Å²) in [5.41, 5.74) is -2.52. The predicted molar refractivity (Wildman–Crippen MR) is 227 cm³/mol. The van der Waals surface area contributed by atoms with Crippen LogP contribution in [-0.2, 0) is 19.1 Å². The van der Waals surface area contributed by atoms with Crippen LogP contribution < -0.4 is 9.47 Å². The summed E-state index contributed by atoms with van der Waals surface area (Å²) in [6.07, 6.45) is 0.458. The van der Waals surface area contributed by atoms with E-state index in [0.29, 0.717) is 44.7 Å². The van der Waals surface area contributed by atoms with Crippen LogP contribution in [0.4, 0.5) is 4.39 Å². The number of benzene rings is 4. The van der Waals surface area contributed by atoms with E-state index < -0.39 is 39.8 Å². The Morgan fingerprint density at radius 3 is 1.71 bits per heavy atom. The van der Waals surface area contributed by atoms with Crippen molar-refractivity contribution in [3.8, 4) is 33.8 Å². The summed E-state index contributed by atoms with van der Waals surface area (Å²) >= 11 is 18.8. The van der Waals surface area contributed by atoms with Gasteiger partial charge in [0.2, 0.25) is 0 Å². The molecule has 0 saturated carbocycles. The molecule has 2 N–H and O–H groups in total. The highest BCUT2D eigenvalue weighted by atomic mass is 35.5. The Bertz CT molecular complexity index is 2380. The fourth-order valence-corrected chi connectivity index (χ4v) is 8.35. The van der Waals surface area contributed by atoms with Crippen molar-refractivity contribution in [1.29, 1.82) is 0 Å². The van der Waals surface area contributed by atoms with Crippen molar-refractivity contribution in [2.75, 3.05) is 13.2 Å². The molecule has 0 spiro atoms. The van der Waals surface area contributed by atoms with E-state index in [9.17, 15) is 19.8 Å². The molecule has 58 heavy (non-hydrogen) atoms. The molecule has 4 aromatic carbocycles. The highest BCUT2D eigenvalue weighted by molar-refractivity contribution is 6.36. The topological polar surface area (TPSA) is 112 Å². The molecule has 6 rings (SSSR count). The zero-order valence-electron chi connectivity index (χ0n) is 33.6. The third-order valence-corrected chi connectivity index (χ3v) is 11.2. The van der Waals surface area contributed by atoms with E-state index in [0.717, 1.165) is 0 Å². The number of aliphatic hydroxyl groups is 2. The van der Waals surface area contributed by atoms with Crippen molar-refractivity contribution in [1.82, 2.24) is 0 Å². The Morgan fingerprint density at radius 1 is 0.621 bits per heavy atom. The van der Waals surface area contributed by atoms with Gasteiger partial charge in [-0.25, -0.2) is 4.39 Å². The minimum absolute atomic E-state index is 0.00977. The molecule has 2 heterocycles. The minimum atomic E-state index is -1.42. The van der Waals surface area contributed by atoms with Crippen LogP contribution in [-0.4, -0.2) is 57.4 Å². The first-order valence-corrected chi connectivity index (χ1v) is 20.1. The summed E-state index contributed by atoms with van der Waals surface area (Å²) in [6.45, 7) is 13.8. The van der Waals surface area contributed by atoms with Crippen molar-refractivity contribution < 1.29 is 43.1 Å². The molecule has 12 heteroatoms. The molecule has 4 aromatic rings. The third kappa shape index (κ3) is 8.25. The molecule has 0 aliphatic carbocycles. The molecule has 0 saturated heterocycles. The minimum Gasteiger partial charge on any atom is -0.508 e. The second-order valence-electron chi connectivity index (χ2n) is 16.1. The van der Waals surface area contributed by atoms with E-state index in [1.54, 1.807) is 103 Å². The zero-order chi connectivity index (χ0) is 42.5. The normalized spacial score (nSPS) is 20.1. The van der Waals surface area contributed by atoms with E-state index >= 15 is 4.39 Å². The fourth-order valence-electron chi connectivity index (χ4n) is 7.67. The van der Waals surface area contributed by atoms with Crippen molar-refractivity contribution in [3.05, 3.63) is 116 Å². The number of halogens is 4. The SMILES string of the molecule is CCOc1ccc(-c2ccc(Cl)cc2Cl)cc1C1=C(O)C(C)(C)OC(C)(CCCOc2ccc(-c3ccc(Cl)cc3F)cc2C2=C(O)C(C)(C)OC(C)(C)C2=O)C1=O. The average molecular weight is 852 g/mol. The first-order chi connectivity index (χ1) is 27.1. The van der Waals surface area contributed by atoms with Crippen LogP contribution in [0.1, 0.15) is 79.4 Å². The van der Waals surface area contributed by atoms with Crippen LogP contribution in [0.2, 0.25) is 15.1 Å². The molecule has 0 amide bonds. The first kappa shape index (κ1) is 43.2. The van der Waals surface area contributed by atoms with Gasteiger partial charge in [0, 0.05) is 37.3 Å². The molecule has 1 atom stereocenters. The first-order valence-electron chi connectivity index (χ1n) is 18.9. The van der Waals surface area contributed by atoms with Gasteiger partial charge >= 0.3 is 0 Å². The molecule has 0 aromatic heterocycles. The number of carbonyl (C=O) groups is 2. The number of carbonyl (C=O) groups excluding carboxylic acids is 2. The predicted octanol–water partition coefficient (Wildman–Crippen LogP) is 12.2. The van der Waals surface area contributed by atoms with Crippen LogP contribution in [0.15, 0.2) is 84.3 Å². The van der Waals surface area contributed by atoms with Crippen molar-refractivity contribution >= 4 is 57.5 Å². The largest absolute Gasteiger partial charge is 0.508 e. The lowest BCUT2D eigenvalue weighted by atomic mass is 9.79. The molecule has 1 unspecified atom stereocenters. The Hall–Kier alpha value is -4.38. The number of ketones is 2. The van der Waals surface area contributed by atoms with Gasteiger partial charge in [-0.15, -0.1) is 0 Å². The molecule has 0 fully saturated rings. The summed E-state index contributed by atoms with van der Waals surface area (Å²) in [6, 6.07) is 19.6. The summed E-state index contributed by atoms with van der Waals surface area (Å²) in [5.74, 6) is -1.38. The van der Waals surface area contributed by atoms with E-state index in [1.807, 2.05) is 13.0 Å². The second-order valence-corrected chi connectivity index (χ2v) is 17.4. The summed E-state index contributed by atoms with van der Waals surface area (Å²) < 4.78 is 39.8. The number of rotatable bonds is 11. The summed E-state index contributed by atoms with van der Waals surface area (Å²) in [4.78, 5) is 28.5. The van der Waals surface area contributed by atoms with Crippen molar-refractivity contribution in [3.63, 3.8) is 0 Å². The number of ether oxygens (including phenoxy) is 4. The maximum Gasteiger partial charge on any atom is 0.198 e. The standard InChI is InChI=1S/C46H46Cl3FO8/c1-9-55-35-17-11-25(29-15-13-27(47)23-33(29)49)21-31(35)38-41(53)45(6,7)58-46(8,42(38)54)19-10-20-56-36-18-12-26(30-16-14-28(48)24-34(30)50)22-32(36)37-39(51)43(2,3)57-44(4,5)40(37)52/h11-18,21-24,51,53H,9-10,19-20H2,1-8H3. The van der Waals surface area contributed by atoms with Crippen LogP contribution in [0, 0.1) is 5.82 Å². The third-order valence-electron chi connectivity index (χ3n) is 10.4. The van der Waals surface area contributed by atoms with Gasteiger partial charge in [-0.3, -0.25) is 9.59 Å². The maximum absolute atomic E-state index is 15.2. The van der Waals surface area contributed by atoms with Gasteiger partial charge in [-0.05, 0) is 134 Å². The summed E-state index contributed by atoms with van der Waals surface area (Å²) in [5, 5.41) is 24.2. The highest BCUT2D eigenvalue weighted by Crippen LogP contribution is 2.47. The average Bonchev–Trinajstić information content (AvgIpc) is 3.13. The Morgan fingerprint density at radius 2 is 1.14 bits per heavy atom. The van der Waals surface area contributed by atoms with Crippen LogP contribution in [0.5, 0.6) is 11.5 Å². The summed E-state index contributed by atoms with van der Waals surface area (Å²) in [7, 11) is 0. The zero-order valence-corrected chi connectivity index (χ0v) is 35.9. The van der Waals surface area contributed by atoms with Crippen LogP contribution in [0.25, 0.3) is 33.4 Å². The lowest BCUT2D eigenvalue weighted by Crippen LogP contribution is -2.51. The van der Waals surface area contributed by atoms with Crippen molar-refractivity contribution in [2.24, 2.45) is 0 Å². The lowest BCUT2D eigenvalue weighted by Gasteiger charge is -2.42. The van der Waals surface area contributed by atoms with Gasteiger partial charge in [0.1, 0.15) is 51.2 Å². The van der Waals surface area contributed by atoms with E-state index in [1.165, 1.54) is 12.1 Å². The molecule has 306 valence electrons. The van der Waals surface area contributed by atoms with Crippen LogP contribution in [0.3, 0.4) is 0 Å². The van der Waals surface area contributed by atoms with Gasteiger partial charge < -0.3 is 29.2 Å². The molecular weight excluding hydrogens is 806 g/mol. The van der Waals surface area contributed by atoms with Crippen LogP contribution >= 0.6 is 34.8 Å². The molecule has 0 radical (unpaired) electrons. The van der Waals surface area contributed by atoms with Gasteiger partial charge in [-0.1, -0.05) is 53.0 Å². The number of aliphatic hydroxyl groups excluding tert-OH is 2. The monoisotopic (exact) mass is 850 g/mol. The van der Waals surface area contributed by atoms with E-state index in [4.69, 9.17) is 53.8 Å². The molecular formula is C46H46Cl3FO8. The molecule has 2 aliphatic heterocycles. The molecule has 0 bridgehead atoms. The van der Waals surface area contributed by atoms with Gasteiger partial charge in [0.05, 0.1) is 24.4 Å². The Balaban J connectivity index is 1.33. The van der Waals surface area contributed by atoms with E-state index in [2.05, 4.69) is 0 Å². The van der Waals surface area contributed by atoms with E-state index in [-0.39, 0.29) is 64.0 Å². The second kappa shape index (κ2) is 16.0. The Labute approximate surface area is 353 Å². The number of hydrogen-bond acceptors (Lipinski definition) is 8. The number of Topliss-reactive ketones (excluding diaryl/α,β-unsaturated/α-hetero) is 2. The smallest absolute Gasteiger partial charge is 0.198 e. The highest BCUT2D eigenvalue weighted by Gasteiger charge is 2.50. The number of hydrogen-bond donors (Lipinski definition) is 2. The maximum atomic E-state index is 15.2. The fraction of sp³-hybridized carbons (Fsp3) is 0.348. The Kier molecular flexibility index (Phi) is 11.9. The van der Waals surface area contributed by atoms with Gasteiger partial charge in [0.15, 0.2) is 11.6 Å². The molecule has 2 aliphatic rings. The van der Waals surface area contributed by atoms with Gasteiger partial charge in [0.25, 0.3) is 0 Å². The lowest BCUT2D eigenvalue weighted by molar-refractivity contribution is -0.164. The van der Waals surface area contributed by atoms with Crippen molar-refractivity contribution in [2.45, 2.75) is 90.6 Å². The molecule has 8 nitrogen and oxygen atoms in total. The van der Waals surface area contributed by atoms with Gasteiger partial charge in [-0.2, -0.15) is 0 Å². The quantitative estimate of drug-likeness (QED) is 0.144.